The van der Waals surface area contributed by atoms with Crippen molar-refractivity contribution in [2.45, 2.75) is 52.1 Å². The predicted octanol–water partition coefficient (Wildman–Crippen LogP) is 7.16. The highest BCUT2D eigenvalue weighted by molar-refractivity contribution is 6.33. The topological polar surface area (TPSA) is 56.1 Å². The molecule has 6 heteroatoms. The summed E-state index contributed by atoms with van der Waals surface area (Å²) < 4.78 is 8.30. The molecule has 0 radical (unpaired) electrons. The minimum Gasteiger partial charge on any atom is -0.493 e. The quantitative estimate of drug-likeness (QED) is 0.240. The van der Waals surface area contributed by atoms with Crippen molar-refractivity contribution in [3.8, 4) is 5.75 Å². The predicted molar refractivity (Wildman–Crippen MR) is 142 cm³/mol. The van der Waals surface area contributed by atoms with Gasteiger partial charge in [0, 0.05) is 6.54 Å². The van der Waals surface area contributed by atoms with Crippen LogP contribution in [0.2, 0.25) is 5.02 Å². The van der Waals surface area contributed by atoms with Crippen LogP contribution in [0.3, 0.4) is 0 Å². The number of fused-ring (bicyclic) bond motifs is 1. The summed E-state index contributed by atoms with van der Waals surface area (Å²) in [5, 5.41) is 3.50. The summed E-state index contributed by atoms with van der Waals surface area (Å²) in [6, 6.07) is 23.1. The molecule has 35 heavy (non-hydrogen) atoms. The molecule has 0 bridgehead atoms. The van der Waals surface area contributed by atoms with Gasteiger partial charge < -0.3 is 14.6 Å². The lowest BCUT2D eigenvalue weighted by Gasteiger charge is -2.17. The summed E-state index contributed by atoms with van der Waals surface area (Å²) in [4.78, 5) is 17.7. The number of hydrogen-bond acceptors (Lipinski definition) is 3. The number of para-hydroxylation sites is 3. The molecule has 1 heterocycles. The van der Waals surface area contributed by atoms with Gasteiger partial charge in [-0.25, -0.2) is 4.98 Å². The van der Waals surface area contributed by atoms with E-state index in [0.29, 0.717) is 23.1 Å². The van der Waals surface area contributed by atoms with E-state index < -0.39 is 0 Å². The van der Waals surface area contributed by atoms with E-state index in [0.717, 1.165) is 42.0 Å². The Labute approximate surface area is 212 Å². The van der Waals surface area contributed by atoms with Gasteiger partial charge in [-0.2, -0.15) is 0 Å². The van der Waals surface area contributed by atoms with Crippen LogP contribution in [0.5, 0.6) is 5.75 Å². The van der Waals surface area contributed by atoms with Crippen LogP contribution in [0.15, 0.2) is 72.8 Å². The fourth-order valence-corrected chi connectivity index (χ4v) is 4.51. The molecule has 0 spiro atoms. The number of benzene rings is 3. The molecule has 5 nitrogen and oxygen atoms in total. The third-order valence-corrected chi connectivity index (χ3v) is 6.44. The maximum absolute atomic E-state index is 12.8. The van der Waals surface area contributed by atoms with Gasteiger partial charge in [-0.15, -0.1) is 0 Å². The second-order valence-electron chi connectivity index (χ2n) is 9.03. The zero-order valence-electron chi connectivity index (χ0n) is 20.5. The molecular weight excluding hydrogens is 458 g/mol. The Bertz CT molecular complexity index is 1300. The van der Waals surface area contributed by atoms with Gasteiger partial charge in [-0.1, -0.05) is 67.9 Å². The molecule has 4 aromatic rings. The first kappa shape index (κ1) is 24.8. The number of hydrogen-bond donors (Lipinski definition) is 1. The molecule has 0 fully saturated rings. The van der Waals surface area contributed by atoms with Crippen LogP contribution in [-0.2, 0) is 6.54 Å². The maximum Gasteiger partial charge on any atom is 0.253 e. The Morgan fingerprint density at radius 3 is 2.49 bits per heavy atom. The normalized spacial score (nSPS) is 12.1. The minimum atomic E-state index is -0.277. The second kappa shape index (κ2) is 11.4. The Hall–Kier alpha value is -3.31. The lowest BCUT2D eigenvalue weighted by Crippen LogP contribution is -2.29. The number of rotatable bonds is 10. The number of carbonyl (C=O) groups excluding carboxylic acids is 1. The molecule has 0 aliphatic rings. The van der Waals surface area contributed by atoms with E-state index in [2.05, 4.69) is 41.9 Å². The average molecular weight is 490 g/mol. The Balaban J connectivity index is 1.43. The number of halogens is 1. The van der Waals surface area contributed by atoms with Gasteiger partial charge in [0.1, 0.15) is 11.6 Å². The van der Waals surface area contributed by atoms with Crippen molar-refractivity contribution >= 4 is 28.5 Å². The molecule has 1 aromatic heterocycles. The highest BCUT2D eigenvalue weighted by Crippen LogP contribution is 2.26. The Morgan fingerprint density at radius 2 is 1.69 bits per heavy atom. The molecule has 4 rings (SSSR count). The van der Waals surface area contributed by atoms with Crippen LogP contribution < -0.4 is 10.1 Å². The zero-order valence-corrected chi connectivity index (χ0v) is 21.3. The van der Waals surface area contributed by atoms with E-state index in [1.807, 2.05) is 49.4 Å². The summed E-state index contributed by atoms with van der Waals surface area (Å²) in [5.41, 5.74) is 3.68. The number of carbonyl (C=O) groups is 1. The minimum absolute atomic E-state index is 0.209. The van der Waals surface area contributed by atoms with E-state index in [-0.39, 0.29) is 11.9 Å². The highest BCUT2D eigenvalue weighted by atomic mass is 35.5. The van der Waals surface area contributed by atoms with Crippen molar-refractivity contribution in [3.63, 3.8) is 0 Å². The summed E-state index contributed by atoms with van der Waals surface area (Å²) >= 11 is 6.22. The number of imidazole rings is 1. The number of aromatic nitrogens is 2. The second-order valence-corrected chi connectivity index (χ2v) is 9.44. The van der Waals surface area contributed by atoms with Crippen molar-refractivity contribution in [2.75, 3.05) is 6.61 Å². The molecule has 1 amide bonds. The molecule has 0 aliphatic heterocycles. The van der Waals surface area contributed by atoms with Gasteiger partial charge in [0.25, 0.3) is 5.91 Å². The number of unbranched alkanes of at least 4 members (excludes halogenated alkanes) is 1. The van der Waals surface area contributed by atoms with E-state index in [1.54, 1.807) is 12.1 Å². The molecule has 3 aromatic carbocycles. The van der Waals surface area contributed by atoms with Crippen molar-refractivity contribution < 1.29 is 9.53 Å². The van der Waals surface area contributed by atoms with Gasteiger partial charge in [0.15, 0.2) is 0 Å². The molecular formula is C29H32ClN3O2. The Kier molecular flexibility index (Phi) is 8.09. The molecule has 182 valence electrons. The number of nitrogens with zero attached hydrogens (tertiary/aromatic N) is 2. The van der Waals surface area contributed by atoms with Gasteiger partial charge in [-0.3, -0.25) is 4.79 Å². The molecule has 0 aliphatic carbocycles. The summed E-state index contributed by atoms with van der Waals surface area (Å²) in [5.74, 6) is 2.01. The van der Waals surface area contributed by atoms with E-state index in [4.69, 9.17) is 21.3 Å². The average Bonchev–Trinajstić information content (AvgIpc) is 3.23. The van der Waals surface area contributed by atoms with Gasteiger partial charge >= 0.3 is 0 Å². The standard InChI is InChI=1S/C29H32ClN3O2/c1-20(2)22-12-5-9-17-27(22)35-19-11-10-18-33-26-16-8-7-15-25(26)32-28(33)21(3)31-29(34)23-13-4-6-14-24(23)30/h4-9,12-17,20-21H,10-11,18-19H2,1-3H3,(H,31,34). The molecule has 1 atom stereocenters. The van der Waals surface area contributed by atoms with Crippen LogP contribution in [0.4, 0.5) is 0 Å². The number of ether oxygens (including phenoxy) is 1. The van der Waals surface area contributed by atoms with E-state index in [9.17, 15) is 4.79 Å². The van der Waals surface area contributed by atoms with Gasteiger partial charge in [0.05, 0.1) is 34.3 Å². The van der Waals surface area contributed by atoms with Crippen LogP contribution in [0, 0.1) is 0 Å². The van der Waals surface area contributed by atoms with E-state index >= 15 is 0 Å². The molecule has 0 saturated heterocycles. The first-order valence-corrected chi connectivity index (χ1v) is 12.6. The van der Waals surface area contributed by atoms with Crippen molar-refractivity contribution in [3.05, 3.63) is 94.8 Å². The van der Waals surface area contributed by atoms with Gasteiger partial charge in [0.2, 0.25) is 0 Å². The molecule has 1 unspecified atom stereocenters. The number of amides is 1. The lowest BCUT2D eigenvalue weighted by molar-refractivity contribution is 0.0938. The van der Waals surface area contributed by atoms with Crippen LogP contribution in [0.1, 0.15) is 67.3 Å². The highest BCUT2D eigenvalue weighted by Gasteiger charge is 2.20. The Morgan fingerprint density at radius 1 is 0.971 bits per heavy atom. The first-order chi connectivity index (χ1) is 17.0. The summed E-state index contributed by atoms with van der Waals surface area (Å²) in [6.45, 7) is 7.76. The third-order valence-electron chi connectivity index (χ3n) is 6.11. The SMILES string of the molecule is CC(C)c1ccccc1OCCCCn1c(C(C)NC(=O)c2ccccc2Cl)nc2ccccc21. The molecule has 1 N–H and O–H groups in total. The summed E-state index contributed by atoms with van der Waals surface area (Å²) in [7, 11) is 0. The van der Waals surface area contributed by atoms with Crippen LogP contribution >= 0.6 is 11.6 Å². The molecule has 0 saturated carbocycles. The van der Waals surface area contributed by atoms with Crippen molar-refractivity contribution in [1.82, 2.24) is 14.9 Å². The van der Waals surface area contributed by atoms with Crippen LogP contribution in [0.25, 0.3) is 11.0 Å². The number of nitrogens with one attached hydrogen (secondary N) is 1. The fraction of sp³-hybridized carbons (Fsp3) is 0.310. The smallest absolute Gasteiger partial charge is 0.253 e. The van der Waals surface area contributed by atoms with E-state index in [1.165, 1.54) is 5.56 Å². The maximum atomic E-state index is 12.8. The largest absolute Gasteiger partial charge is 0.493 e. The monoisotopic (exact) mass is 489 g/mol. The fourth-order valence-electron chi connectivity index (χ4n) is 4.29. The summed E-state index contributed by atoms with van der Waals surface area (Å²) in [6.07, 6.45) is 1.85. The zero-order chi connectivity index (χ0) is 24.8. The van der Waals surface area contributed by atoms with Crippen LogP contribution in [-0.4, -0.2) is 22.1 Å². The first-order valence-electron chi connectivity index (χ1n) is 12.2. The van der Waals surface area contributed by atoms with Gasteiger partial charge in [-0.05, 0) is 61.6 Å². The number of aryl methyl sites for hydroxylation is 1. The van der Waals surface area contributed by atoms with Crippen molar-refractivity contribution in [1.29, 1.82) is 0 Å². The third kappa shape index (κ3) is 5.85. The van der Waals surface area contributed by atoms with Crippen molar-refractivity contribution in [2.24, 2.45) is 0 Å². The lowest BCUT2D eigenvalue weighted by atomic mass is 10.0.